The van der Waals surface area contributed by atoms with Crippen LogP contribution in [0.25, 0.3) is 0 Å². The van der Waals surface area contributed by atoms with Gasteiger partial charge in [0.25, 0.3) is 0 Å². The van der Waals surface area contributed by atoms with Gasteiger partial charge in [-0.15, -0.1) is 11.8 Å². The first kappa shape index (κ1) is 23.6. The van der Waals surface area contributed by atoms with E-state index < -0.39 is 10.0 Å². The lowest BCUT2D eigenvalue weighted by Crippen LogP contribution is -2.48. The smallest absolute Gasteiger partial charge is 0.243 e. The van der Waals surface area contributed by atoms with Crippen LogP contribution in [-0.4, -0.2) is 69.1 Å². The molecule has 9 heteroatoms. The summed E-state index contributed by atoms with van der Waals surface area (Å²) in [5, 5.41) is 2.83. The van der Waals surface area contributed by atoms with Crippen LogP contribution in [0.15, 0.2) is 58.3 Å². The minimum atomic E-state index is -3.51. The van der Waals surface area contributed by atoms with E-state index in [4.69, 9.17) is 4.74 Å². The van der Waals surface area contributed by atoms with Gasteiger partial charge in [-0.1, -0.05) is 6.92 Å². The number of methoxy groups -OCH3 is 1. The quantitative estimate of drug-likeness (QED) is 0.576. The second-order valence-electron chi connectivity index (χ2n) is 7.18. The maximum atomic E-state index is 12.8. The van der Waals surface area contributed by atoms with Crippen LogP contribution in [0.3, 0.4) is 0 Å². The maximum Gasteiger partial charge on any atom is 0.243 e. The highest BCUT2D eigenvalue weighted by atomic mass is 32.2. The molecule has 1 aliphatic heterocycles. The number of amides is 1. The van der Waals surface area contributed by atoms with Crippen LogP contribution in [-0.2, 0) is 14.8 Å². The van der Waals surface area contributed by atoms with Gasteiger partial charge in [0.1, 0.15) is 5.75 Å². The van der Waals surface area contributed by atoms with E-state index >= 15 is 0 Å². The Bertz CT molecular complexity index is 955. The predicted molar refractivity (Wildman–Crippen MR) is 124 cm³/mol. The Hall–Kier alpha value is -2.07. The molecule has 0 unspecified atom stereocenters. The minimum absolute atomic E-state index is 0.104. The molecule has 3 rings (SSSR count). The Kier molecular flexibility index (Phi) is 8.36. The van der Waals surface area contributed by atoms with Gasteiger partial charge in [-0.2, -0.15) is 4.31 Å². The summed E-state index contributed by atoms with van der Waals surface area (Å²) in [6, 6.07) is 14.1. The molecule has 0 radical (unpaired) electrons. The lowest BCUT2D eigenvalue weighted by atomic mass is 10.3. The first-order valence-electron chi connectivity index (χ1n) is 10.3. The number of sulfonamides is 1. The fraction of sp³-hybridized carbons (Fsp3) is 0.409. The van der Waals surface area contributed by atoms with Gasteiger partial charge in [0.15, 0.2) is 0 Å². The van der Waals surface area contributed by atoms with Gasteiger partial charge in [0.05, 0.1) is 12.0 Å². The Labute approximate surface area is 188 Å². The molecule has 0 saturated carbocycles. The molecule has 1 heterocycles. The normalized spacial score (nSPS) is 15.5. The zero-order valence-electron chi connectivity index (χ0n) is 17.9. The highest BCUT2D eigenvalue weighted by Crippen LogP contribution is 2.23. The fourth-order valence-electron chi connectivity index (χ4n) is 3.30. The number of hydrogen-bond acceptors (Lipinski definition) is 6. The summed E-state index contributed by atoms with van der Waals surface area (Å²) in [5.41, 5.74) is 0.592. The van der Waals surface area contributed by atoms with Gasteiger partial charge in [-0.05, 0) is 55.1 Å². The number of likely N-dealkylation sites (N-methyl/N-ethyl adjacent to an activating group) is 1. The molecule has 168 valence electrons. The number of ether oxygens (including phenoxy) is 1. The Morgan fingerprint density at radius 1 is 1.03 bits per heavy atom. The van der Waals surface area contributed by atoms with Crippen molar-refractivity contribution in [1.29, 1.82) is 0 Å². The SMILES string of the molecule is CCN1CCN(S(=O)(=O)c2ccc(NC(=O)CCSc3ccc(OC)cc3)cc2)CC1. The van der Waals surface area contributed by atoms with Gasteiger partial charge in [-0.25, -0.2) is 8.42 Å². The van der Waals surface area contributed by atoms with Crippen molar-refractivity contribution >= 4 is 33.4 Å². The van der Waals surface area contributed by atoms with Crippen LogP contribution in [0.5, 0.6) is 5.75 Å². The van der Waals surface area contributed by atoms with Crippen LogP contribution in [0.1, 0.15) is 13.3 Å². The topological polar surface area (TPSA) is 79.0 Å². The van der Waals surface area contributed by atoms with Crippen LogP contribution >= 0.6 is 11.8 Å². The summed E-state index contributed by atoms with van der Waals surface area (Å²) in [6.45, 7) is 5.51. The number of carbonyl (C=O) groups excluding carboxylic acids is 1. The van der Waals surface area contributed by atoms with Crippen molar-refractivity contribution in [1.82, 2.24) is 9.21 Å². The molecule has 1 saturated heterocycles. The lowest BCUT2D eigenvalue weighted by molar-refractivity contribution is -0.115. The van der Waals surface area contributed by atoms with Crippen LogP contribution in [0, 0.1) is 0 Å². The zero-order chi connectivity index (χ0) is 22.3. The second-order valence-corrected chi connectivity index (χ2v) is 10.3. The monoisotopic (exact) mass is 463 g/mol. The Morgan fingerprint density at radius 2 is 1.68 bits per heavy atom. The average molecular weight is 464 g/mol. The summed E-state index contributed by atoms with van der Waals surface area (Å²) in [7, 11) is -1.88. The molecule has 31 heavy (non-hydrogen) atoms. The second kappa shape index (κ2) is 11.0. The largest absolute Gasteiger partial charge is 0.497 e. The number of anilines is 1. The van der Waals surface area contributed by atoms with E-state index in [0.717, 1.165) is 30.3 Å². The summed E-state index contributed by atoms with van der Waals surface area (Å²) >= 11 is 1.60. The molecule has 7 nitrogen and oxygen atoms in total. The standard InChI is InChI=1S/C22H29N3O4S2/c1-3-24-13-15-25(16-14-24)31(27,28)21-10-4-18(5-11-21)23-22(26)12-17-30-20-8-6-19(29-2)7-9-20/h4-11H,3,12-17H2,1-2H3,(H,23,26). The van der Waals surface area contributed by atoms with E-state index in [1.54, 1.807) is 43.1 Å². The predicted octanol–water partition coefficient (Wildman–Crippen LogP) is 3.14. The van der Waals surface area contributed by atoms with Crippen LogP contribution in [0.4, 0.5) is 5.69 Å². The van der Waals surface area contributed by atoms with E-state index in [1.165, 1.54) is 4.31 Å². The molecular weight excluding hydrogens is 434 g/mol. The van der Waals surface area contributed by atoms with E-state index in [9.17, 15) is 13.2 Å². The first-order chi connectivity index (χ1) is 14.9. The number of benzene rings is 2. The third kappa shape index (κ3) is 6.46. The number of hydrogen-bond donors (Lipinski definition) is 1. The summed E-state index contributed by atoms with van der Waals surface area (Å²) in [4.78, 5) is 15.8. The third-order valence-electron chi connectivity index (χ3n) is 5.21. The molecule has 1 N–H and O–H groups in total. The third-order valence-corrected chi connectivity index (χ3v) is 8.14. The van der Waals surface area contributed by atoms with E-state index in [2.05, 4.69) is 17.1 Å². The van der Waals surface area contributed by atoms with Crippen molar-refractivity contribution < 1.29 is 17.9 Å². The molecule has 0 bridgehead atoms. The van der Waals surface area contributed by atoms with Gasteiger partial charge >= 0.3 is 0 Å². The van der Waals surface area contributed by atoms with Crippen LogP contribution in [0.2, 0.25) is 0 Å². The number of piperazine rings is 1. The Balaban J connectivity index is 1.48. The number of nitrogens with zero attached hydrogens (tertiary/aromatic N) is 2. The molecule has 2 aromatic rings. The molecule has 0 atom stereocenters. The molecule has 0 aromatic heterocycles. The van der Waals surface area contributed by atoms with E-state index in [-0.39, 0.29) is 10.8 Å². The molecule has 1 fully saturated rings. The highest BCUT2D eigenvalue weighted by Gasteiger charge is 2.27. The summed E-state index contributed by atoms with van der Waals surface area (Å²) in [5.74, 6) is 1.34. The molecule has 1 amide bonds. The minimum Gasteiger partial charge on any atom is -0.497 e. The number of nitrogens with one attached hydrogen (secondary N) is 1. The van der Waals surface area contributed by atoms with Crippen LogP contribution < -0.4 is 10.1 Å². The van der Waals surface area contributed by atoms with Gasteiger partial charge < -0.3 is 15.0 Å². The first-order valence-corrected chi connectivity index (χ1v) is 12.7. The highest BCUT2D eigenvalue weighted by molar-refractivity contribution is 7.99. The van der Waals surface area contributed by atoms with Gasteiger partial charge in [0.2, 0.25) is 15.9 Å². The lowest BCUT2D eigenvalue weighted by Gasteiger charge is -2.33. The number of rotatable bonds is 9. The molecule has 0 spiro atoms. The molecule has 2 aromatic carbocycles. The molecular formula is C22H29N3O4S2. The van der Waals surface area contributed by atoms with Gasteiger partial charge in [-0.3, -0.25) is 4.79 Å². The van der Waals surface area contributed by atoms with Crippen molar-refractivity contribution in [3.8, 4) is 5.75 Å². The average Bonchev–Trinajstić information content (AvgIpc) is 2.80. The fourth-order valence-corrected chi connectivity index (χ4v) is 5.58. The molecule has 1 aliphatic rings. The van der Waals surface area contributed by atoms with E-state index in [1.807, 2.05) is 24.3 Å². The van der Waals surface area contributed by atoms with Crippen molar-refractivity contribution in [2.75, 3.05) is 50.9 Å². The maximum absolute atomic E-state index is 12.8. The zero-order valence-corrected chi connectivity index (χ0v) is 19.5. The summed E-state index contributed by atoms with van der Waals surface area (Å²) in [6.07, 6.45) is 0.360. The number of thioether (sulfide) groups is 1. The summed E-state index contributed by atoms with van der Waals surface area (Å²) < 4.78 is 32.3. The van der Waals surface area contributed by atoms with Crippen molar-refractivity contribution in [3.05, 3.63) is 48.5 Å². The van der Waals surface area contributed by atoms with Crippen molar-refractivity contribution in [3.63, 3.8) is 0 Å². The van der Waals surface area contributed by atoms with Crippen molar-refractivity contribution in [2.24, 2.45) is 0 Å². The molecule has 0 aliphatic carbocycles. The Morgan fingerprint density at radius 3 is 2.26 bits per heavy atom. The number of carbonyl (C=O) groups is 1. The van der Waals surface area contributed by atoms with Crippen molar-refractivity contribution in [2.45, 2.75) is 23.1 Å². The van der Waals surface area contributed by atoms with Gasteiger partial charge in [0, 0.05) is 48.9 Å². The van der Waals surface area contributed by atoms with E-state index in [0.29, 0.717) is 31.0 Å².